The molecule has 1 unspecified atom stereocenters. The first kappa shape index (κ1) is 76.6. The topological polar surface area (TPSA) is 379 Å². The van der Waals surface area contributed by atoms with Gasteiger partial charge in [0.25, 0.3) is 23.6 Å². The zero-order chi connectivity index (χ0) is 72.7. The van der Waals surface area contributed by atoms with Crippen LogP contribution in [0, 0.1) is 0 Å². The van der Waals surface area contributed by atoms with Gasteiger partial charge in [0, 0.05) is 82.4 Å². The molecule has 12 amide bonds. The van der Waals surface area contributed by atoms with Crippen molar-refractivity contribution in [2.75, 3.05) is 97.3 Å². The Morgan fingerprint density at radius 3 is 1.83 bits per heavy atom. The van der Waals surface area contributed by atoms with E-state index in [1.165, 1.54) is 53.9 Å². The summed E-state index contributed by atoms with van der Waals surface area (Å²) >= 11 is 0. The molecule has 0 bridgehead atoms. The third-order valence-corrected chi connectivity index (χ3v) is 17.7. The molecule has 2 saturated heterocycles. The van der Waals surface area contributed by atoms with E-state index in [9.17, 15) is 57.5 Å². The van der Waals surface area contributed by atoms with Gasteiger partial charge in [-0.25, -0.2) is 4.79 Å². The zero-order valence-corrected chi connectivity index (χ0v) is 58.1. The van der Waals surface area contributed by atoms with Gasteiger partial charge in [-0.3, -0.25) is 67.5 Å². The van der Waals surface area contributed by atoms with Crippen molar-refractivity contribution in [2.24, 2.45) is 4.99 Å². The smallest absolute Gasteiger partial charge is 0.414 e. The number of carbonyl (C=O) groups is 12. The molecule has 546 valence electrons. The first-order chi connectivity index (χ1) is 48.6. The molecule has 7 N–H and O–H groups in total. The van der Waals surface area contributed by atoms with E-state index in [4.69, 9.17) is 33.2 Å². The molecule has 3 aromatic rings. The molecule has 0 radical (unpaired) electrons. The molecule has 31 nitrogen and oxygen atoms in total. The number of hydrogen-bond acceptors (Lipinski definition) is 20. The number of fused-ring (bicyclic) bond motifs is 4. The van der Waals surface area contributed by atoms with Crippen LogP contribution in [0.25, 0.3) is 0 Å². The maximum Gasteiger partial charge on any atom is 0.414 e. The van der Waals surface area contributed by atoms with Crippen molar-refractivity contribution in [2.45, 2.75) is 154 Å². The zero-order valence-electron chi connectivity index (χ0n) is 58.1. The van der Waals surface area contributed by atoms with E-state index in [-0.39, 0.29) is 101 Å². The predicted molar refractivity (Wildman–Crippen MR) is 367 cm³/mol. The minimum absolute atomic E-state index is 0.0151. The van der Waals surface area contributed by atoms with Crippen LogP contribution in [0.4, 0.5) is 21.9 Å². The van der Waals surface area contributed by atoms with Crippen LogP contribution in [-0.2, 0) is 64.0 Å². The molecule has 5 aliphatic heterocycles. The highest BCUT2D eigenvalue weighted by Gasteiger charge is 2.40. The fourth-order valence-electron chi connectivity index (χ4n) is 11.9. The van der Waals surface area contributed by atoms with Crippen molar-refractivity contribution in [1.29, 1.82) is 0 Å². The average Bonchev–Trinajstić information content (AvgIpc) is 1.66. The normalized spacial score (nSPS) is 17.3. The number of unbranched alkanes of at least 4 members (excludes halogenated alkanes) is 3. The lowest BCUT2D eigenvalue weighted by atomic mass is 10.1. The number of carbonyl (C=O) groups excluding carboxylic acids is 12. The largest absolute Gasteiger partial charge is 0.493 e. The number of benzene rings is 3. The summed E-state index contributed by atoms with van der Waals surface area (Å²) in [6.45, 7) is 8.08. The fourth-order valence-corrected chi connectivity index (χ4v) is 11.9. The Balaban J connectivity index is 0.763. The van der Waals surface area contributed by atoms with Gasteiger partial charge in [0.15, 0.2) is 23.0 Å². The summed E-state index contributed by atoms with van der Waals surface area (Å²) in [6.07, 6.45) is 9.58. The highest BCUT2D eigenvalue weighted by molar-refractivity contribution is 6.13. The van der Waals surface area contributed by atoms with Crippen LogP contribution in [0.2, 0.25) is 0 Å². The van der Waals surface area contributed by atoms with Gasteiger partial charge in [0.2, 0.25) is 41.4 Å². The molecule has 0 aliphatic carbocycles. The van der Waals surface area contributed by atoms with Crippen LogP contribution in [0.3, 0.4) is 0 Å². The Morgan fingerprint density at radius 1 is 0.594 bits per heavy atom. The molecule has 0 saturated carbocycles. The second-order valence-corrected chi connectivity index (χ2v) is 25.1. The van der Waals surface area contributed by atoms with Crippen molar-refractivity contribution >= 4 is 94.3 Å². The lowest BCUT2D eigenvalue weighted by Gasteiger charge is -2.26. The summed E-state index contributed by atoms with van der Waals surface area (Å²) in [6, 6.07) is 7.03. The van der Waals surface area contributed by atoms with Crippen molar-refractivity contribution in [3.8, 4) is 23.0 Å². The molecule has 5 aliphatic rings. The number of nitrogens with one attached hydrogen (secondary N) is 7. The number of amides is 12. The van der Waals surface area contributed by atoms with Crippen molar-refractivity contribution in [3.05, 3.63) is 77.4 Å². The maximum absolute atomic E-state index is 14.2. The van der Waals surface area contributed by atoms with Gasteiger partial charge >= 0.3 is 6.09 Å². The number of nitrogens with zero attached hydrogens (tertiary/aromatic N) is 5. The summed E-state index contributed by atoms with van der Waals surface area (Å²) in [5.74, 6) is -4.16. The second kappa shape index (κ2) is 37.3. The monoisotopic (exact) mass is 1400 g/mol. The Kier molecular flexibility index (Phi) is 28.3. The van der Waals surface area contributed by atoms with Crippen LogP contribution >= 0.6 is 0 Å². The van der Waals surface area contributed by atoms with E-state index in [0.717, 1.165) is 42.7 Å². The highest BCUT2D eigenvalue weighted by Crippen LogP contribution is 2.41. The van der Waals surface area contributed by atoms with Gasteiger partial charge in [0.05, 0.1) is 75.2 Å². The van der Waals surface area contributed by atoms with E-state index in [2.05, 4.69) is 42.2 Å². The number of anilines is 2. The number of ether oxygens (including phenoxy) is 7. The maximum atomic E-state index is 14.2. The van der Waals surface area contributed by atoms with Gasteiger partial charge in [-0.15, -0.1) is 0 Å². The van der Waals surface area contributed by atoms with Crippen molar-refractivity contribution in [1.82, 2.24) is 46.6 Å². The minimum Gasteiger partial charge on any atom is -0.493 e. The van der Waals surface area contributed by atoms with Gasteiger partial charge in [-0.1, -0.05) is 12.1 Å². The Bertz CT molecular complexity index is 3570. The number of methoxy groups -OCH3 is 3. The molecule has 0 aromatic heterocycles. The predicted octanol–water partition coefficient (Wildman–Crippen LogP) is 3.51. The third-order valence-electron chi connectivity index (χ3n) is 17.7. The summed E-state index contributed by atoms with van der Waals surface area (Å²) < 4.78 is 39.7. The summed E-state index contributed by atoms with van der Waals surface area (Å²) in [5, 5.41) is 18.2. The second-order valence-electron chi connectivity index (χ2n) is 25.1. The van der Waals surface area contributed by atoms with Crippen LogP contribution in [0.5, 0.6) is 23.0 Å². The van der Waals surface area contributed by atoms with E-state index in [1.807, 2.05) is 11.1 Å². The Labute approximate surface area is 585 Å². The molecular weight excluding hydrogens is 1310 g/mol. The van der Waals surface area contributed by atoms with Crippen LogP contribution in [0.15, 0.2) is 65.7 Å². The van der Waals surface area contributed by atoms with Gasteiger partial charge < -0.3 is 80.2 Å². The third kappa shape index (κ3) is 21.2. The molecule has 5 heterocycles. The quantitative estimate of drug-likeness (QED) is 0.0321. The number of aliphatic imine (C=N–C) groups is 1. The lowest BCUT2D eigenvalue weighted by Crippen LogP contribution is -2.57. The van der Waals surface area contributed by atoms with Gasteiger partial charge in [-0.2, -0.15) is 0 Å². The van der Waals surface area contributed by atoms with Crippen molar-refractivity contribution < 1.29 is 90.7 Å². The number of imide groups is 1. The lowest BCUT2D eigenvalue weighted by molar-refractivity contribution is -0.137. The first-order valence-electron chi connectivity index (χ1n) is 34.1. The summed E-state index contributed by atoms with van der Waals surface area (Å²) in [5.41, 5.74) is 2.54. The van der Waals surface area contributed by atoms with Crippen molar-refractivity contribution in [3.63, 3.8) is 0 Å². The molecule has 3 aromatic carbocycles. The average molecular weight is 1410 g/mol. The molecule has 31 heteroatoms. The Morgan fingerprint density at radius 2 is 1.19 bits per heavy atom. The molecule has 101 heavy (non-hydrogen) atoms. The molecule has 7 atom stereocenters. The molecule has 0 spiro atoms. The van der Waals surface area contributed by atoms with E-state index >= 15 is 0 Å². The SMILES string of the molecule is COCCOCC(=O)NCCCC[C@H](NC(=O)CCCN1C(=O)C=CC1=O)C(=O)N[C@@H](C)C(=O)N[C@@H](C)C(=O)N[C@@H](C)C(=O)N[C@@H](C)C(=O)Nc1ccc(COC(=O)N2CC3CCCN3C(=O)c3cc(OC)c(OCCCCCOc4cc5c(cc4OC)C(=O)N4CCC[C@H]4C=N5)cc32)cc1. The fraction of sp³-hybridized carbons (Fsp3) is 0.529. The van der Waals surface area contributed by atoms with E-state index in [1.54, 1.807) is 53.4 Å². The summed E-state index contributed by atoms with van der Waals surface area (Å²) in [4.78, 5) is 168. The molecule has 2 fully saturated rings. The van der Waals surface area contributed by atoms with Crippen LogP contribution < -0.4 is 61.1 Å². The number of hydrogen-bond donors (Lipinski definition) is 7. The van der Waals surface area contributed by atoms with Gasteiger partial charge in [-0.05, 0) is 128 Å². The van der Waals surface area contributed by atoms with Gasteiger partial charge in [0.1, 0.15) is 43.4 Å². The standard InChI is InChI=1S/C70H92N12O19/c1-42(74-65(89)44(3)76-67(91)52(18-9-10-26-71-60(84)41-98-33-32-95-5)78-59(83)19-15-29-81-61(85)24-25-62(81)86)63(87)73-43(2)64(88)75-45(4)66(90)77-47-22-20-46(21-23-47)40-101-70(94)82-39-49-17-14-28-80(49)69(93)51-35-56(97-7)58(37-54(51)82)100-31-12-8-11-30-99-57-36-53-50(34-55(57)96-6)68(92)79-27-13-16-48(79)38-72-53/h20-25,34-38,42-45,48-49,52H,8-19,26-33,39-41H2,1-7H3,(H,71,84)(H,73,87)(H,74,89)(H,75,88)(H,76,91)(H,77,90)(H,78,83)/t42-,43-,44-,45-,48-,49?,52-/m0/s1. The van der Waals surface area contributed by atoms with Crippen LogP contribution in [-0.4, -0.2) is 221 Å². The molecular formula is C70H92N12O19. The minimum atomic E-state index is -1.22. The van der Waals surface area contributed by atoms with E-state index in [0.29, 0.717) is 110 Å². The number of rotatable bonds is 37. The highest BCUT2D eigenvalue weighted by atomic mass is 16.6. The van der Waals surface area contributed by atoms with Crippen LogP contribution in [0.1, 0.15) is 131 Å². The summed E-state index contributed by atoms with van der Waals surface area (Å²) in [7, 11) is 4.52. The van der Waals surface area contributed by atoms with E-state index < -0.39 is 83.6 Å². The Hall–Kier alpha value is -10.2. The molecule has 8 rings (SSSR count). The first-order valence-corrected chi connectivity index (χ1v) is 34.1.